The summed E-state index contributed by atoms with van der Waals surface area (Å²) in [5, 5.41) is 12.2. The number of primary amides is 1. The predicted molar refractivity (Wildman–Crippen MR) is 104 cm³/mol. The first kappa shape index (κ1) is 21.0. The van der Waals surface area contributed by atoms with Gasteiger partial charge < -0.3 is 14.9 Å². The summed E-state index contributed by atoms with van der Waals surface area (Å²) in [6, 6.07) is 8.44. The molecule has 0 aliphatic heterocycles. The molecule has 0 spiro atoms. The Hall–Kier alpha value is -4.22. The van der Waals surface area contributed by atoms with Crippen LogP contribution in [0.1, 0.15) is 21.6 Å². The van der Waals surface area contributed by atoms with Gasteiger partial charge in [0.2, 0.25) is 17.7 Å². The molecule has 0 atom stereocenters. The Balaban J connectivity index is 1.55. The van der Waals surface area contributed by atoms with Crippen molar-refractivity contribution in [2.24, 2.45) is 12.8 Å². The average Bonchev–Trinajstić information content (AvgIpc) is 3.39. The largest absolute Gasteiger partial charge is 0.471 e. The predicted octanol–water partition coefficient (Wildman–Crippen LogP) is 3.23. The maximum absolute atomic E-state index is 12.7. The number of carbonyl (C=O) groups is 1. The van der Waals surface area contributed by atoms with Gasteiger partial charge in [0, 0.05) is 30.4 Å². The smallest absolute Gasteiger partial charge is 0.417 e. The van der Waals surface area contributed by atoms with Crippen LogP contribution in [0.3, 0.4) is 0 Å². The van der Waals surface area contributed by atoms with Crippen LogP contribution in [0.25, 0.3) is 22.9 Å². The molecule has 12 heteroatoms. The van der Waals surface area contributed by atoms with Crippen LogP contribution in [0, 0.1) is 0 Å². The number of carbonyl (C=O) groups excluding carboxylic acids is 1. The Morgan fingerprint density at radius 2 is 1.94 bits per heavy atom. The van der Waals surface area contributed by atoms with Gasteiger partial charge in [-0.2, -0.15) is 18.3 Å². The molecule has 164 valence electrons. The van der Waals surface area contributed by atoms with Gasteiger partial charge in [0.15, 0.2) is 0 Å². The minimum Gasteiger partial charge on any atom is -0.471 e. The first-order valence-electron chi connectivity index (χ1n) is 9.13. The average molecular weight is 444 g/mol. The molecular formula is C20H15F3N6O3. The van der Waals surface area contributed by atoms with Crippen LogP contribution in [0.15, 0.2) is 53.2 Å². The molecule has 1 amide bonds. The lowest BCUT2D eigenvalue weighted by molar-refractivity contribution is -0.137. The summed E-state index contributed by atoms with van der Waals surface area (Å²) in [5.74, 6) is -0.255. The van der Waals surface area contributed by atoms with Crippen molar-refractivity contribution in [3.8, 4) is 28.8 Å². The number of ether oxygens (including phenoxy) is 1. The third-order valence-electron chi connectivity index (χ3n) is 4.53. The van der Waals surface area contributed by atoms with E-state index in [9.17, 15) is 18.0 Å². The fraction of sp³-hybridized carbons (Fsp3) is 0.150. The lowest BCUT2D eigenvalue weighted by Crippen LogP contribution is -2.10. The highest BCUT2D eigenvalue weighted by atomic mass is 19.4. The van der Waals surface area contributed by atoms with E-state index in [0.29, 0.717) is 28.6 Å². The Labute approximate surface area is 178 Å². The minimum atomic E-state index is -4.48. The van der Waals surface area contributed by atoms with Gasteiger partial charge in [0.25, 0.3) is 5.89 Å². The number of aromatic nitrogens is 5. The number of nitrogens with zero attached hydrogens (tertiary/aromatic N) is 5. The molecule has 2 N–H and O–H groups in total. The summed E-state index contributed by atoms with van der Waals surface area (Å²) >= 11 is 0. The van der Waals surface area contributed by atoms with Crippen molar-refractivity contribution in [3.63, 3.8) is 0 Å². The number of alkyl halides is 3. The van der Waals surface area contributed by atoms with Crippen molar-refractivity contribution in [2.45, 2.75) is 12.8 Å². The summed E-state index contributed by atoms with van der Waals surface area (Å²) in [7, 11) is 1.66. The molecular weight excluding hydrogens is 429 g/mol. The molecule has 0 aliphatic carbocycles. The van der Waals surface area contributed by atoms with Gasteiger partial charge in [0.1, 0.15) is 6.61 Å². The highest BCUT2D eigenvalue weighted by Gasteiger charge is 2.30. The first-order chi connectivity index (χ1) is 15.2. The van der Waals surface area contributed by atoms with Crippen molar-refractivity contribution >= 4 is 5.91 Å². The van der Waals surface area contributed by atoms with Crippen LogP contribution in [-0.2, 0) is 19.8 Å². The Kier molecular flexibility index (Phi) is 5.34. The molecule has 3 aromatic heterocycles. The van der Waals surface area contributed by atoms with E-state index in [1.54, 1.807) is 25.2 Å². The number of pyridine rings is 1. The molecule has 32 heavy (non-hydrogen) atoms. The number of hydrogen-bond donors (Lipinski definition) is 1. The molecule has 4 aromatic rings. The maximum atomic E-state index is 12.7. The van der Waals surface area contributed by atoms with Gasteiger partial charge >= 0.3 is 6.18 Å². The number of amides is 1. The zero-order chi connectivity index (χ0) is 22.9. The number of nitrogens with two attached hydrogens (primary N) is 1. The molecule has 0 bridgehead atoms. The van der Waals surface area contributed by atoms with Gasteiger partial charge in [-0.25, -0.2) is 4.98 Å². The van der Waals surface area contributed by atoms with Crippen molar-refractivity contribution in [3.05, 3.63) is 65.6 Å². The van der Waals surface area contributed by atoms with E-state index < -0.39 is 17.6 Å². The SMILES string of the molecule is Cn1ncc(-c2nnc(-c3cccc(C(N)=O)c3)o2)c1COc1ccc(C(F)(F)F)cn1. The van der Waals surface area contributed by atoms with E-state index in [4.69, 9.17) is 14.9 Å². The lowest BCUT2D eigenvalue weighted by Gasteiger charge is -2.09. The second-order valence-electron chi connectivity index (χ2n) is 6.66. The van der Waals surface area contributed by atoms with Gasteiger partial charge in [-0.3, -0.25) is 9.48 Å². The first-order valence-corrected chi connectivity index (χ1v) is 9.13. The Bertz CT molecular complexity index is 1260. The van der Waals surface area contributed by atoms with Crippen LogP contribution in [0.2, 0.25) is 0 Å². The summed E-state index contributed by atoms with van der Waals surface area (Å²) in [6.07, 6.45) is -2.28. The second kappa shape index (κ2) is 8.13. The van der Waals surface area contributed by atoms with Gasteiger partial charge in [0.05, 0.1) is 23.0 Å². The second-order valence-corrected chi connectivity index (χ2v) is 6.66. The van der Waals surface area contributed by atoms with Crippen LogP contribution in [0.5, 0.6) is 5.88 Å². The molecule has 0 radical (unpaired) electrons. The number of aryl methyl sites for hydroxylation is 1. The van der Waals surface area contributed by atoms with Crippen molar-refractivity contribution in [2.75, 3.05) is 0 Å². The number of halogens is 3. The van der Waals surface area contributed by atoms with Crippen LogP contribution in [0.4, 0.5) is 13.2 Å². The topological polar surface area (TPSA) is 122 Å². The molecule has 9 nitrogen and oxygen atoms in total. The molecule has 0 unspecified atom stereocenters. The van der Waals surface area contributed by atoms with E-state index in [-0.39, 0.29) is 24.3 Å². The van der Waals surface area contributed by atoms with Gasteiger partial charge in [-0.1, -0.05) is 6.07 Å². The van der Waals surface area contributed by atoms with E-state index in [2.05, 4.69) is 20.3 Å². The number of rotatable bonds is 6. The van der Waals surface area contributed by atoms with Gasteiger partial charge in [-0.05, 0) is 24.3 Å². The molecule has 0 saturated carbocycles. The monoisotopic (exact) mass is 444 g/mol. The standard InChI is InChI=1S/C20H15F3N6O3/c1-29-15(10-31-16-6-5-13(8-25-16)20(21,22)23)14(9-26-29)19-28-27-18(32-19)12-4-2-3-11(7-12)17(24)30/h2-9H,10H2,1H3,(H2,24,30). The fourth-order valence-electron chi connectivity index (χ4n) is 2.84. The summed E-state index contributed by atoms with van der Waals surface area (Å²) in [4.78, 5) is 15.1. The quantitative estimate of drug-likeness (QED) is 0.484. The van der Waals surface area contributed by atoms with E-state index in [1.807, 2.05) is 0 Å². The van der Waals surface area contributed by atoms with E-state index in [0.717, 1.165) is 12.1 Å². The third-order valence-corrected chi connectivity index (χ3v) is 4.53. The van der Waals surface area contributed by atoms with Crippen LogP contribution >= 0.6 is 0 Å². The maximum Gasteiger partial charge on any atom is 0.417 e. The lowest BCUT2D eigenvalue weighted by atomic mass is 10.1. The Morgan fingerprint density at radius 1 is 1.16 bits per heavy atom. The van der Waals surface area contributed by atoms with Crippen molar-refractivity contribution in [1.82, 2.24) is 25.0 Å². The molecule has 0 fully saturated rings. The fourth-order valence-corrected chi connectivity index (χ4v) is 2.84. The summed E-state index contributed by atoms with van der Waals surface area (Å²) < 4.78 is 50.8. The molecule has 3 heterocycles. The molecule has 4 rings (SSSR count). The highest BCUT2D eigenvalue weighted by molar-refractivity contribution is 5.93. The summed E-state index contributed by atoms with van der Waals surface area (Å²) in [5.41, 5.74) is 6.24. The van der Waals surface area contributed by atoms with Crippen molar-refractivity contribution in [1.29, 1.82) is 0 Å². The normalized spacial score (nSPS) is 11.5. The molecule has 0 saturated heterocycles. The number of benzene rings is 1. The third kappa shape index (κ3) is 4.29. The molecule has 0 aliphatic rings. The minimum absolute atomic E-state index is 0.0136. The van der Waals surface area contributed by atoms with Crippen LogP contribution < -0.4 is 10.5 Å². The van der Waals surface area contributed by atoms with Gasteiger partial charge in [-0.15, -0.1) is 10.2 Å². The summed E-state index contributed by atoms with van der Waals surface area (Å²) in [6.45, 7) is -0.0565. The number of hydrogen-bond acceptors (Lipinski definition) is 7. The zero-order valence-corrected chi connectivity index (χ0v) is 16.5. The Morgan fingerprint density at radius 3 is 2.62 bits per heavy atom. The zero-order valence-electron chi connectivity index (χ0n) is 16.5. The van der Waals surface area contributed by atoms with Crippen molar-refractivity contribution < 1.29 is 27.1 Å². The molecule has 1 aromatic carbocycles. The van der Waals surface area contributed by atoms with Crippen LogP contribution in [-0.4, -0.2) is 30.9 Å². The highest BCUT2D eigenvalue weighted by Crippen LogP contribution is 2.30. The van der Waals surface area contributed by atoms with E-state index >= 15 is 0 Å². The van der Waals surface area contributed by atoms with E-state index in [1.165, 1.54) is 16.9 Å².